The van der Waals surface area contributed by atoms with Gasteiger partial charge in [0.05, 0.1) is 11.3 Å². The second kappa shape index (κ2) is 9.45. The fraction of sp³-hybridized carbons (Fsp3) is 0.167. The summed E-state index contributed by atoms with van der Waals surface area (Å²) in [4.78, 5) is 20.6. The number of hydrogen-bond donors (Lipinski definition) is 2. The van der Waals surface area contributed by atoms with Gasteiger partial charge in [0.2, 0.25) is 5.88 Å². The van der Waals surface area contributed by atoms with Gasteiger partial charge in [0.1, 0.15) is 12.1 Å². The van der Waals surface area contributed by atoms with E-state index in [2.05, 4.69) is 25.7 Å². The molecule has 180 valence electrons. The summed E-state index contributed by atoms with van der Waals surface area (Å²) in [5, 5.41) is 9.43. The van der Waals surface area contributed by atoms with E-state index in [1.54, 1.807) is 35.0 Å². The number of hydrogen-bond acceptors (Lipinski definition) is 5. The minimum Gasteiger partial charge on any atom is -0.439 e. The number of nitrogens with zero attached hydrogens (tertiary/aromatic N) is 4. The molecule has 4 rings (SSSR count). The lowest BCUT2D eigenvalue weighted by molar-refractivity contribution is -0.137. The molecule has 0 saturated carbocycles. The first kappa shape index (κ1) is 23.7. The van der Waals surface area contributed by atoms with E-state index in [-0.39, 0.29) is 5.69 Å². The summed E-state index contributed by atoms with van der Waals surface area (Å²) in [7, 11) is 0. The fourth-order valence-electron chi connectivity index (χ4n) is 3.24. The average Bonchev–Trinajstić information content (AvgIpc) is 3.07. The predicted molar refractivity (Wildman–Crippen MR) is 124 cm³/mol. The molecular formula is C24H21F3N6O2. The highest BCUT2D eigenvalue weighted by atomic mass is 19.4. The monoisotopic (exact) mass is 482 g/mol. The van der Waals surface area contributed by atoms with Crippen LogP contribution in [0.4, 0.5) is 29.3 Å². The summed E-state index contributed by atoms with van der Waals surface area (Å²) in [6, 6.07) is 11.8. The maximum atomic E-state index is 12.8. The summed E-state index contributed by atoms with van der Waals surface area (Å²) in [6.07, 6.45) is -3.12. The molecule has 0 radical (unpaired) electrons. The molecule has 2 N–H and O–H groups in total. The first-order valence-electron chi connectivity index (χ1n) is 10.5. The Labute approximate surface area is 198 Å². The van der Waals surface area contributed by atoms with Gasteiger partial charge in [-0.1, -0.05) is 6.07 Å². The van der Waals surface area contributed by atoms with E-state index in [1.807, 2.05) is 20.8 Å². The molecule has 0 saturated heterocycles. The lowest BCUT2D eigenvalue weighted by Crippen LogP contribution is -2.19. The van der Waals surface area contributed by atoms with Crippen LogP contribution in [-0.4, -0.2) is 25.8 Å². The van der Waals surface area contributed by atoms with Crippen LogP contribution in [0.3, 0.4) is 0 Å². The number of nitrogens with one attached hydrogen (secondary N) is 2. The molecule has 2 aromatic heterocycles. The van der Waals surface area contributed by atoms with Crippen LogP contribution in [0.1, 0.15) is 22.5 Å². The normalized spacial score (nSPS) is 11.3. The molecule has 8 nitrogen and oxygen atoms in total. The van der Waals surface area contributed by atoms with Crippen LogP contribution < -0.4 is 15.4 Å². The molecule has 2 heterocycles. The van der Waals surface area contributed by atoms with Crippen LogP contribution in [0.2, 0.25) is 0 Å². The number of amides is 2. The number of alkyl halides is 3. The number of halogens is 3. The van der Waals surface area contributed by atoms with Crippen molar-refractivity contribution in [1.29, 1.82) is 0 Å². The van der Waals surface area contributed by atoms with Gasteiger partial charge in [-0.25, -0.2) is 19.4 Å². The number of ether oxygens (including phenoxy) is 1. The lowest BCUT2D eigenvalue weighted by atomic mass is 10.2. The maximum Gasteiger partial charge on any atom is 0.416 e. The quantitative estimate of drug-likeness (QED) is 0.362. The van der Waals surface area contributed by atoms with Gasteiger partial charge in [-0.2, -0.15) is 18.3 Å². The summed E-state index contributed by atoms with van der Waals surface area (Å²) >= 11 is 0. The third kappa shape index (κ3) is 5.57. The van der Waals surface area contributed by atoms with E-state index in [1.165, 1.54) is 18.5 Å². The maximum absolute atomic E-state index is 12.8. The lowest BCUT2D eigenvalue weighted by Gasteiger charge is -2.11. The molecule has 0 unspecified atom stereocenters. The first-order valence-corrected chi connectivity index (χ1v) is 10.5. The molecule has 2 amide bonds. The number of carbonyl (C=O) groups is 1. The van der Waals surface area contributed by atoms with Crippen LogP contribution in [-0.2, 0) is 6.18 Å². The Bertz CT molecular complexity index is 1370. The Kier molecular flexibility index (Phi) is 6.41. The number of urea groups is 1. The summed E-state index contributed by atoms with van der Waals surface area (Å²) < 4.78 is 46.0. The van der Waals surface area contributed by atoms with E-state index in [0.717, 1.165) is 29.1 Å². The highest BCUT2D eigenvalue weighted by Crippen LogP contribution is 2.30. The molecule has 0 aliphatic heterocycles. The SMILES string of the molecule is Cc1nn(-c2cc(Oc3ccc(NC(=O)Nc4cccc(C(F)(F)F)c4)cc3)ncn2)c(C)c1C. The molecular weight excluding hydrogens is 461 g/mol. The molecule has 35 heavy (non-hydrogen) atoms. The number of anilines is 2. The topological polar surface area (TPSA) is 94.0 Å². The van der Waals surface area contributed by atoms with Gasteiger partial charge in [-0.15, -0.1) is 0 Å². The second-order valence-corrected chi connectivity index (χ2v) is 7.71. The molecule has 0 spiro atoms. The smallest absolute Gasteiger partial charge is 0.416 e. The van der Waals surface area contributed by atoms with Gasteiger partial charge < -0.3 is 15.4 Å². The van der Waals surface area contributed by atoms with Gasteiger partial charge in [0.25, 0.3) is 0 Å². The minimum absolute atomic E-state index is 0.0228. The van der Waals surface area contributed by atoms with Crippen molar-refractivity contribution in [3.05, 3.63) is 83.4 Å². The number of rotatable bonds is 5. The van der Waals surface area contributed by atoms with E-state index in [0.29, 0.717) is 23.1 Å². The summed E-state index contributed by atoms with van der Waals surface area (Å²) in [5.41, 5.74) is 2.54. The largest absolute Gasteiger partial charge is 0.439 e. The Hall–Kier alpha value is -4.41. The average molecular weight is 482 g/mol. The van der Waals surface area contributed by atoms with Gasteiger partial charge in [-0.05, 0) is 68.8 Å². The molecule has 0 atom stereocenters. The summed E-state index contributed by atoms with van der Waals surface area (Å²) in [5.74, 6) is 1.33. The van der Waals surface area contributed by atoms with Crippen molar-refractivity contribution in [1.82, 2.24) is 19.7 Å². The van der Waals surface area contributed by atoms with E-state index in [9.17, 15) is 18.0 Å². The van der Waals surface area contributed by atoms with Gasteiger partial charge in [-0.3, -0.25) is 0 Å². The van der Waals surface area contributed by atoms with Crippen molar-refractivity contribution in [2.45, 2.75) is 26.9 Å². The zero-order chi connectivity index (χ0) is 25.2. The van der Waals surface area contributed by atoms with Crippen molar-refractivity contribution >= 4 is 17.4 Å². The number of aromatic nitrogens is 4. The second-order valence-electron chi connectivity index (χ2n) is 7.71. The van der Waals surface area contributed by atoms with Gasteiger partial charge in [0.15, 0.2) is 5.82 Å². The van der Waals surface area contributed by atoms with Crippen LogP contribution in [0.5, 0.6) is 11.6 Å². The molecule has 0 aliphatic rings. The van der Waals surface area contributed by atoms with Crippen molar-refractivity contribution in [2.75, 3.05) is 10.6 Å². The molecule has 0 fully saturated rings. The van der Waals surface area contributed by atoms with Crippen LogP contribution in [0, 0.1) is 20.8 Å². The van der Waals surface area contributed by atoms with Crippen LogP contribution >= 0.6 is 0 Å². The van der Waals surface area contributed by atoms with Crippen molar-refractivity contribution < 1.29 is 22.7 Å². The van der Waals surface area contributed by atoms with Crippen molar-refractivity contribution in [3.63, 3.8) is 0 Å². The summed E-state index contributed by atoms with van der Waals surface area (Å²) in [6.45, 7) is 5.86. The number of benzene rings is 2. The Morgan fingerprint density at radius 1 is 0.943 bits per heavy atom. The minimum atomic E-state index is -4.50. The zero-order valence-electron chi connectivity index (χ0n) is 19.0. The zero-order valence-corrected chi connectivity index (χ0v) is 19.0. The van der Waals surface area contributed by atoms with Gasteiger partial charge in [0, 0.05) is 23.1 Å². The molecule has 4 aromatic rings. The highest BCUT2D eigenvalue weighted by molar-refractivity contribution is 5.99. The van der Waals surface area contributed by atoms with Crippen LogP contribution in [0.15, 0.2) is 60.9 Å². The standard InChI is InChI=1S/C24H21F3N6O2/c1-14-15(2)32-33(16(14)3)21-12-22(29-13-28-21)35-20-9-7-18(8-10-20)30-23(34)31-19-6-4-5-17(11-19)24(25,26)27/h4-13H,1-3H3,(H2,30,31,34). The third-order valence-corrected chi connectivity index (χ3v) is 5.28. The van der Waals surface area contributed by atoms with E-state index < -0.39 is 17.8 Å². The number of aryl methyl sites for hydroxylation is 1. The number of carbonyl (C=O) groups excluding carboxylic acids is 1. The molecule has 0 aliphatic carbocycles. The fourth-order valence-corrected chi connectivity index (χ4v) is 3.24. The Morgan fingerprint density at radius 2 is 1.66 bits per heavy atom. The molecule has 11 heteroatoms. The third-order valence-electron chi connectivity index (χ3n) is 5.28. The van der Waals surface area contributed by atoms with E-state index >= 15 is 0 Å². The molecule has 2 aromatic carbocycles. The van der Waals surface area contributed by atoms with Crippen molar-refractivity contribution in [2.24, 2.45) is 0 Å². The highest BCUT2D eigenvalue weighted by Gasteiger charge is 2.30. The van der Waals surface area contributed by atoms with E-state index in [4.69, 9.17) is 4.74 Å². The first-order chi connectivity index (χ1) is 16.6. The predicted octanol–water partition coefficient (Wildman–Crippen LogP) is 6.04. The Morgan fingerprint density at radius 3 is 2.31 bits per heavy atom. The Balaban J connectivity index is 1.40. The molecule has 0 bridgehead atoms. The van der Waals surface area contributed by atoms with Crippen LogP contribution in [0.25, 0.3) is 5.82 Å². The van der Waals surface area contributed by atoms with Crippen molar-refractivity contribution in [3.8, 4) is 17.4 Å². The van der Waals surface area contributed by atoms with Gasteiger partial charge >= 0.3 is 12.2 Å².